The largest absolute Gasteiger partial charge is 0.377 e. The van der Waals surface area contributed by atoms with Gasteiger partial charge in [-0.2, -0.15) is 0 Å². The summed E-state index contributed by atoms with van der Waals surface area (Å²) in [6, 6.07) is 4.84. The molecule has 0 bridgehead atoms. The van der Waals surface area contributed by atoms with Gasteiger partial charge >= 0.3 is 0 Å². The second kappa shape index (κ2) is 8.46. The molecule has 0 atom stereocenters. The number of hydrogen-bond donors (Lipinski definition) is 1. The van der Waals surface area contributed by atoms with Crippen LogP contribution in [0.15, 0.2) is 22.7 Å². The van der Waals surface area contributed by atoms with Crippen LogP contribution in [0.25, 0.3) is 0 Å². The Kier molecular flexibility index (Phi) is 6.60. The van der Waals surface area contributed by atoms with Gasteiger partial charge in [-0.15, -0.1) is 0 Å². The summed E-state index contributed by atoms with van der Waals surface area (Å²) in [7, 11) is 0. The first-order chi connectivity index (χ1) is 10.2. The van der Waals surface area contributed by atoms with E-state index in [1.807, 2.05) is 0 Å². The van der Waals surface area contributed by atoms with Gasteiger partial charge in [-0.3, -0.25) is 10.1 Å². The van der Waals surface area contributed by atoms with E-state index >= 15 is 0 Å². The van der Waals surface area contributed by atoms with E-state index < -0.39 is 0 Å². The molecule has 1 N–H and O–H groups in total. The van der Waals surface area contributed by atoms with Crippen molar-refractivity contribution in [3.63, 3.8) is 0 Å². The van der Waals surface area contributed by atoms with E-state index in [0.29, 0.717) is 12.6 Å². The topological polar surface area (TPSA) is 64.4 Å². The van der Waals surface area contributed by atoms with E-state index in [0.717, 1.165) is 23.2 Å². The molecule has 0 heterocycles. The van der Waals surface area contributed by atoms with E-state index in [1.54, 1.807) is 6.07 Å². The van der Waals surface area contributed by atoms with Gasteiger partial charge in [0.05, 0.1) is 17.6 Å². The fraction of sp³-hybridized carbons (Fsp3) is 0.600. The van der Waals surface area contributed by atoms with Gasteiger partial charge in [-0.05, 0) is 24.5 Å². The summed E-state index contributed by atoms with van der Waals surface area (Å²) < 4.78 is 6.60. The zero-order chi connectivity index (χ0) is 15.1. The molecule has 21 heavy (non-hydrogen) atoms. The Hall–Kier alpha value is -0.980. The third-order valence-electron chi connectivity index (χ3n) is 3.75. The summed E-state index contributed by atoms with van der Waals surface area (Å²) in [4.78, 5) is 10.3. The average molecular weight is 357 g/mol. The summed E-state index contributed by atoms with van der Waals surface area (Å²) >= 11 is 3.37. The minimum Gasteiger partial charge on any atom is -0.377 e. The molecule has 1 aliphatic carbocycles. The molecule has 6 heteroatoms. The van der Waals surface area contributed by atoms with Crippen molar-refractivity contribution in [2.24, 2.45) is 0 Å². The van der Waals surface area contributed by atoms with Crippen LogP contribution in [0.3, 0.4) is 0 Å². The van der Waals surface area contributed by atoms with Crippen LogP contribution >= 0.6 is 15.9 Å². The third kappa shape index (κ3) is 5.37. The number of nitro groups is 1. The second-order valence-corrected chi connectivity index (χ2v) is 6.19. The molecule has 0 spiro atoms. The van der Waals surface area contributed by atoms with Crippen LogP contribution in [0.2, 0.25) is 0 Å². The molecule has 0 radical (unpaired) electrons. The Balaban J connectivity index is 1.67. The SMILES string of the molecule is O=[N+]([O-])c1ccc(CNCCOC2CCCCC2)c(Br)c1. The maximum atomic E-state index is 10.7. The molecule has 0 aromatic heterocycles. The molecule has 0 unspecified atom stereocenters. The zero-order valence-corrected chi connectivity index (χ0v) is 13.6. The quantitative estimate of drug-likeness (QED) is 0.458. The molecule has 2 rings (SSSR count). The molecule has 1 fully saturated rings. The molecule has 0 amide bonds. The van der Waals surface area contributed by atoms with Crippen LogP contribution < -0.4 is 5.32 Å². The van der Waals surface area contributed by atoms with Crippen LogP contribution in [-0.2, 0) is 11.3 Å². The zero-order valence-electron chi connectivity index (χ0n) is 12.0. The van der Waals surface area contributed by atoms with Gasteiger partial charge in [-0.1, -0.05) is 35.2 Å². The van der Waals surface area contributed by atoms with E-state index in [2.05, 4.69) is 21.2 Å². The highest BCUT2D eigenvalue weighted by Crippen LogP contribution is 2.23. The van der Waals surface area contributed by atoms with E-state index in [4.69, 9.17) is 4.74 Å². The minimum absolute atomic E-state index is 0.103. The maximum Gasteiger partial charge on any atom is 0.270 e. The van der Waals surface area contributed by atoms with Gasteiger partial charge < -0.3 is 10.1 Å². The van der Waals surface area contributed by atoms with Crippen LogP contribution in [-0.4, -0.2) is 24.2 Å². The molecule has 1 saturated carbocycles. The van der Waals surface area contributed by atoms with E-state index in [9.17, 15) is 10.1 Å². The second-order valence-electron chi connectivity index (χ2n) is 5.34. The van der Waals surface area contributed by atoms with E-state index in [1.165, 1.54) is 44.2 Å². The average Bonchev–Trinajstić information content (AvgIpc) is 2.49. The number of hydrogen-bond acceptors (Lipinski definition) is 4. The molecule has 1 aliphatic rings. The number of nitrogens with one attached hydrogen (secondary N) is 1. The minimum atomic E-state index is -0.389. The summed E-state index contributed by atoms with van der Waals surface area (Å²) in [6.07, 6.45) is 6.72. The normalized spacial score (nSPS) is 16.0. The Morgan fingerprint density at radius 1 is 1.33 bits per heavy atom. The van der Waals surface area contributed by atoms with Crippen molar-refractivity contribution in [3.05, 3.63) is 38.3 Å². The standard InChI is InChI=1S/C15H21BrN2O3/c16-15-10-13(18(19)20)7-6-12(15)11-17-8-9-21-14-4-2-1-3-5-14/h6-7,10,14,17H,1-5,8-9,11H2. The van der Waals surface area contributed by atoms with Gasteiger partial charge in [0.15, 0.2) is 0 Å². The fourth-order valence-corrected chi connectivity index (χ4v) is 3.05. The number of benzene rings is 1. The van der Waals surface area contributed by atoms with Crippen LogP contribution in [0.4, 0.5) is 5.69 Å². The van der Waals surface area contributed by atoms with Crippen molar-refractivity contribution in [2.45, 2.75) is 44.8 Å². The van der Waals surface area contributed by atoms with Gasteiger partial charge in [0.2, 0.25) is 0 Å². The van der Waals surface area contributed by atoms with Crippen LogP contribution in [0.1, 0.15) is 37.7 Å². The number of halogens is 1. The molecule has 116 valence electrons. The van der Waals surface area contributed by atoms with Crippen molar-refractivity contribution in [2.75, 3.05) is 13.2 Å². The predicted octanol–water partition coefficient (Wildman–Crippen LogP) is 3.80. The Labute approximate surface area is 133 Å². The van der Waals surface area contributed by atoms with Crippen molar-refractivity contribution in [1.29, 1.82) is 0 Å². The highest BCUT2D eigenvalue weighted by atomic mass is 79.9. The van der Waals surface area contributed by atoms with Gasteiger partial charge in [-0.25, -0.2) is 0 Å². The van der Waals surface area contributed by atoms with Crippen LogP contribution in [0, 0.1) is 10.1 Å². The lowest BCUT2D eigenvalue weighted by Gasteiger charge is -2.22. The Bertz CT molecular complexity index is 476. The smallest absolute Gasteiger partial charge is 0.270 e. The van der Waals surface area contributed by atoms with Crippen molar-refractivity contribution in [3.8, 4) is 0 Å². The predicted molar refractivity (Wildman–Crippen MR) is 85.3 cm³/mol. The first-order valence-corrected chi connectivity index (χ1v) is 8.21. The van der Waals surface area contributed by atoms with E-state index in [-0.39, 0.29) is 10.6 Å². The molecule has 0 saturated heterocycles. The molecule has 1 aromatic rings. The number of ether oxygens (including phenoxy) is 1. The summed E-state index contributed by atoms with van der Waals surface area (Å²) in [5.74, 6) is 0. The monoisotopic (exact) mass is 356 g/mol. The lowest BCUT2D eigenvalue weighted by atomic mass is 9.98. The molecular weight excluding hydrogens is 336 g/mol. The first kappa shape index (κ1) is 16.4. The Morgan fingerprint density at radius 3 is 2.76 bits per heavy atom. The Morgan fingerprint density at radius 2 is 2.10 bits per heavy atom. The summed E-state index contributed by atoms with van der Waals surface area (Å²) in [5.41, 5.74) is 1.12. The van der Waals surface area contributed by atoms with Crippen molar-refractivity contribution < 1.29 is 9.66 Å². The number of rotatable bonds is 7. The summed E-state index contributed by atoms with van der Waals surface area (Å²) in [6.45, 7) is 2.18. The third-order valence-corrected chi connectivity index (χ3v) is 4.49. The van der Waals surface area contributed by atoms with Crippen molar-refractivity contribution in [1.82, 2.24) is 5.32 Å². The van der Waals surface area contributed by atoms with Gasteiger partial charge in [0.25, 0.3) is 5.69 Å². The molecule has 1 aromatic carbocycles. The maximum absolute atomic E-state index is 10.7. The molecule has 5 nitrogen and oxygen atoms in total. The fourth-order valence-electron chi connectivity index (χ4n) is 2.55. The highest BCUT2D eigenvalue weighted by Gasteiger charge is 2.13. The number of nitro benzene ring substituents is 1. The highest BCUT2D eigenvalue weighted by molar-refractivity contribution is 9.10. The van der Waals surface area contributed by atoms with Gasteiger partial charge in [0.1, 0.15) is 0 Å². The number of nitrogens with zero attached hydrogens (tertiary/aromatic N) is 1. The van der Waals surface area contributed by atoms with Crippen LogP contribution in [0.5, 0.6) is 0 Å². The number of non-ortho nitro benzene ring substituents is 1. The molecule has 0 aliphatic heterocycles. The lowest BCUT2D eigenvalue weighted by molar-refractivity contribution is -0.384. The lowest BCUT2D eigenvalue weighted by Crippen LogP contribution is -2.24. The first-order valence-electron chi connectivity index (χ1n) is 7.42. The van der Waals surface area contributed by atoms with Crippen molar-refractivity contribution >= 4 is 21.6 Å². The summed E-state index contributed by atoms with van der Waals surface area (Å²) in [5, 5.41) is 14.0. The van der Waals surface area contributed by atoms with Gasteiger partial charge in [0, 0.05) is 29.7 Å². The molecular formula is C15H21BrN2O3.